The molecule has 134 valence electrons. The van der Waals surface area contributed by atoms with Crippen LogP contribution in [0.2, 0.25) is 0 Å². The second kappa shape index (κ2) is 7.78. The van der Waals surface area contributed by atoms with Gasteiger partial charge in [-0.15, -0.1) is 10.2 Å². The third-order valence-electron chi connectivity index (χ3n) is 3.99. The first kappa shape index (κ1) is 18.4. The first-order chi connectivity index (χ1) is 11.3. The first-order valence-electron chi connectivity index (χ1n) is 7.85. The van der Waals surface area contributed by atoms with Gasteiger partial charge in [0.05, 0.1) is 0 Å². The number of alkyl halides is 3. The van der Waals surface area contributed by atoms with E-state index in [4.69, 9.17) is 0 Å². The second-order valence-corrected chi connectivity index (χ2v) is 6.13. The van der Waals surface area contributed by atoms with Crippen molar-refractivity contribution in [3.8, 4) is 0 Å². The number of aromatic nitrogens is 2. The van der Waals surface area contributed by atoms with Crippen LogP contribution in [-0.4, -0.2) is 61.3 Å². The van der Waals surface area contributed by atoms with Crippen LogP contribution in [0.15, 0.2) is 12.1 Å². The molecular weight excluding hydrogens is 323 g/mol. The van der Waals surface area contributed by atoms with E-state index in [1.54, 1.807) is 0 Å². The van der Waals surface area contributed by atoms with Crippen LogP contribution in [-0.2, 0) is 11.0 Å². The second-order valence-electron chi connectivity index (χ2n) is 6.13. The van der Waals surface area contributed by atoms with Gasteiger partial charge in [-0.05, 0) is 39.1 Å². The zero-order chi connectivity index (χ0) is 17.7. The van der Waals surface area contributed by atoms with Crippen molar-refractivity contribution in [1.82, 2.24) is 20.4 Å². The van der Waals surface area contributed by atoms with Crippen LogP contribution in [0.25, 0.3) is 0 Å². The van der Waals surface area contributed by atoms with Gasteiger partial charge in [0.25, 0.3) is 0 Å². The molecule has 2 rings (SSSR count). The van der Waals surface area contributed by atoms with E-state index in [1.165, 1.54) is 6.07 Å². The number of nitrogens with zero attached hydrogens (tertiary/aromatic N) is 4. The van der Waals surface area contributed by atoms with Crippen LogP contribution in [0.5, 0.6) is 0 Å². The summed E-state index contributed by atoms with van der Waals surface area (Å²) in [7, 11) is 3.88. The highest BCUT2D eigenvalue weighted by atomic mass is 19.4. The molecule has 6 nitrogen and oxygen atoms in total. The molecule has 0 unspecified atom stereocenters. The third-order valence-corrected chi connectivity index (χ3v) is 3.99. The van der Waals surface area contributed by atoms with Gasteiger partial charge in [0, 0.05) is 32.1 Å². The number of halogens is 3. The molecule has 1 aliphatic rings. The number of nitrogens with one attached hydrogen (secondary N) is 1. The summed E-state index contributed by atoms with van der Waals surface area (Å²) in [4.78, 5) is 15.9. The van der Waals surface area contributed by atoms with Gasteiger partial charge in [-0.25, -0.2) is 0 Å². The Balaban J connectivity index is 1.83. The summed E-state index contributed by atoms with van der Waals surface area (Å²) in [6.45, 7) is 2.54. The highest BCUT2D eigenvalue weighted by Crippen LogP contribution is 2.28. The Labute approximate surface area is 139 Å². The van der Waals surface area contributed by atoms with Crippen LogP contribution in [0.4, 0.5) is 19.0 Å². The van der Waals surface area contributed by atoms with Gasteiger partial charge in [-0.1, -0.05) is 0 Å². The van der Waals surface area contributed by atoms with E-state index in [9.17, 15) is 18.0 Å². The number of hydrogen-bond acceptors (Lipinski definition) is 5. The van der Waals surface area contributed by atoms with Crippen LogP contribution in [0.1, 0.15) is 18.5 Å². The zero-order valence-electron chi connectivity index (χ0n) is 13.8. The molecule has 1 aromatic heterocycles. The molecule has 0 saturated carbocycles. The van der Waals surface area contributed by atoms with Crippen molar-refractivity contribution in [2.24, 2.45) is 5.92 Å². The van der Waals surface area contributed by atoms with Crippen LogP contribution < -0.4 is 10.2 Å². The fraction of sp³-hybridized carbons (Fsp3) is 0.667. The molecule has 0 aromatic carbocycles. The maximum atomic E-state index is 12.5. The molecule has 1 amide bonds. The Bertz CT molecular complexity index is 539. The summed E-state index contributed by atoms with van der Waals surface area (Å²) in [5.74, 6) is 0.385. The van der Waals surface area contributed by atoms with E-state index in [1.807, 2.05) is 23.9 Å². The van der Waals surface area contributed by atoms with Crippen molar-refractivity contribution in [3.63, 3.8) is 0 Å². The van der Waals surface area contributed by atoms with Crippen LogP contribution in [0.3, 0.4) is 0 Å². The number of anilines is 1. The number of likely N-dealkylation sites (N-methyl/N-ethyl adjacent to an activating group) is 1. The maximum absolute atomic E-state index is 12.5. The molecule has 0 aliphatic carbocycles. The topological polar surface area (TPSA) is 61.4 Å². The lowest BCUT2D eigenvalue weighted by molar-refractivity contribution is -0.141. The van der Waals surface area contributed by atoms with Gasteiger partial charge >= 0.3 is 6.18 Å². The normalized spacial score (nSPS) is 16.5. The molecule has 1 saturated heterocycles. The molecule has 1 N–H and O–H groups in total. The highest BCUT2D eigenvalue weighted by molar-refractivity contribution is 5.78. The lowest BCUT2D eigenvalue weighted by atomic mass is 9.96. The molecule has 0 spiro atoms. The monoisotopic (exact) mass is 345 g/mol. The molecule has 0 atom stereocenters. The average molecular weight is 345 g/mol. The van der Waals surface area contributed by atoms with Crippen molar-refractivity contribution in [3.05, 3.63) is 17.8 Å². The molecule has 1 fully saturated rings. The standard InChI is InChI=1S/C15H22F3N5O/c1-22(2)10-7-19-14(24)11-5-8-23(9-6-11)13-4-3-12(20-21-13)15(16,17)18/h3-4,11H,5-10H2,1-2H3,(H,19,24). The summed E-state index contributed by atoms with van der Waals surface area (Å²) >= 11 is 0. The molecule has 0 bridgehead atoms. The number of hydrogen-bond donors (Lipinski definition) is 1. The Morgan fingerprint density at radius 1 is 1.29 bits per heavy atom. The van der Waals surface area contributed by atoms with E-state index < -0.39 is 11.9 Å². The largest absolute Gasteiger partial charge is 0.435 e. The summed E-state index contributed by atoms with van der Waals surface area (Å²) < 4.78 is 37.5. The maximum Gasteiger partial charge on any atom is 0.435 e. The van der Waals surface area contributed by atoms with Crippen LogP contribution >= 0.6 is 0 Å². The van der Waals surface area contributed by atoms with Crippen molar-refractivity contribution in [2.45, 2.75) is 19.0 Å². The van der Waals surface area contributed by atoms with E-state index in [2.05, 4.69) is 15.5 Å². The lowest BCUT2D eigenvalue weighted by Crippen LogP contribution is -2.42. The van der Waals surface area contributed by atoms with Gasteiger partial charge in [0.15, 0.2) is 11.5 Å². The molecule has 2 heterocycles. The summed E-state index contributed by atoms with van der Waals surface area (Å²) in [5, 5.41) is 9.80. The molecule has 9 heteroatoms. The number of amides is 1. The predicted molar refractivity (Wildman–Crippen MR) is 83.5 cm³/mol. The number of carbonyl (C=O) groups is 1. The van der Waals surface area contributed by atoms with Gasteiger partial charge in [0.2, 0.25) is 5.91 Å². The van der Waals surface area contributed by atoms with Gasteiger partial charge in [-0.2, -0.15) is 13.2 Å². The fourth-order valence-electron chi connectivity index (χ4n) is 2.56. The average Bonchev–Trinajstić information content (AvgIpc) is 2.54. The lowest BCUT2D eigenvalue weighted by Gasteiger charge is -2.32. The van der Waals surface area contributed by atoms with Gasteiger partial charge < -0.3 is 15.1 Å². The minimum absolute atomic E-state index is 0.0370. The molecule has 1 aliphatic heterocycles. The van der Waals surface area contributed by atoms with E-state index >= 15 is 0 Å². The number of rotatable bonds is 5. The van der Waals surface area contributed by atoms with Gasteiger partial charge in [0.1, 0.15) is 0 Å². The molecular formula is C15H22F3N5O. The Kier molecular flexibility index (Phi) is 5.98. The predicted octanol–water partition coefficient (Wildman–Crippen LogP) is 1.39. The minimum atomic E-state index is -4.48. The fourth-order valence-corrected chi connectivity index (χ4v) is 2.56. The summed E-state index contributed by atoms with van der Waals surface area (Å²) in [5.41, 5.74) is -0.999. The SMILES string of the molecule is CN(C)CCNC(=O)C1CCN(c2ccc(C(F)(F)F)nn2)CC1. The number of piperidine rings is 1. The van der Waals surface area contributed by atoms with Crippen LogP contribution in [0, 0.1) is 5.92 Å². The number of carbonyl (C=O) groups excluding carboxylic acids is 1. The zero-order valence-corrected chi connectivity index (χ0v) is 13.8. The quantitative estimate of drug-likeness (QED) is 0.874. The van der Waals surface area contributed by atoms with Crippen molar-refractivity contribution in [2.75, 3.05) is 45.2 Å². The minimum Gasteiger partial charge on any atom is -0.355 e. The molecule has 24 heavy (non-hydrogen) atoms. The Morgan fingerprint density at radius 2 is 1.96 bits per heavy atom. The van der Waals surface area contributed by atoms with E-state index in [0.717, 1.165) is 12.6 Å². The summed E-state index contributed by atoms with van der Waals surface area (Å²) in [6, 6.07) is 2.26. The van der Waals surface area contributed by atoms with E-state index in [-0.39, 0.29) is 11.8 Å². The smallest absolute Gasteiger partial charge is 0.355 e. The highest BCUT2D eigenvalue weighted by Gasteiger charge is 2.33. The van der Waals surface area contributed by atoms with Crippen molar-refractivity contribution >= 4 is 11.7 Å². The Hall–Kier alpha value is -1.90. The van der Waals surface area contributed by atoms with Crippen molar-refractivity contribution in [1.29, 1.82) is 0 Å². The van der Waals surface area contributed by atoms with E-state index in [0.29, 0.717) is 38.3 Å². The third kappa shape index (κ3) is 5.05. The van der Waals surface area contributed by atoms with Gasteiger partial charge in [-0.3, -0.25) is 4.79 Å². The Morgan fingerprint density at radius 3 is 2.46 bits per heavy atom. The molecule has 1 aromatic rings. The molecule has 0 radical (unpaired) electrons. The first-order valence-corrected chi connectivity index (χ1v) is 7.85. The van der Waals surface area contributed by atoms with Crippen molar-refractivity contribution < 1.29 is 18.0 Å². The summed E-state index contributed by atoms with van der Waals surface area (Å²) in [6.07, 6.45) is -3.18.